The lowest BCUT2D eigenvalue weighted by atomic mass is 10.1. The molecule has 6 N–H and O–H groups in total. The number of nitrogens with one attached hydrogen (secondary N) is 2. The molecule has 0 saturated carbocycles. The molecule has 0 saturated heterocycles. The third kappa shape index (κ3) is 7.26. The van der Waals surface area contributed by atoms with Crippen LogP contribution in [0.3, 0.4) is 0 Å². The summed E-state index contributed by atoms with van der Waals surface area (Å²) >= 11 is 0. The fourth-order valence-corrected chi connectivity index (χ4v) is 5.07. The van der Waals surface area contributed by atoms with Gasteiger partial charge in [-0.25, -0.2) is 0 Å². The Morgan fingerprint density at radius 1 is 0.833 bits per heavy atom. The van der Waals surface area contributed by atoms with Crippen LogP contribution in [-0.4, -0.2) is 59.9 Å². The lowest BCUT2D eigenvalue weighted by Crippen LogP contribution is -2.13. The number of anilines is 3. The molecule has 4 rings (SSSR count). The van der Waals surface area contributed by atoms with Gasteiger partial charge in [0.15, 0.2) is 0 Å². The summed E-state index contributed by atoms with van der Waals surface area (Å²) < 4.78 is 125. The van der Waals surface area contributed by atoms with Crippen molar-refractivity contribution < 1.29 is 52.8 Å². The van der Waals surface area contributed by atoms with Crippen LogP contribution in [0.1, 0.15) is 0 Å². The van der Waals surface area contributed by atoms with Crippen molar-refractivity contribution in [1.82, 2.24) is 9.97 Å². The lowest BCUT2D eigenvalue weighted by Gasteiger charge is -2.13. The number of phenolic OH excluding ortho intramolecular Hbond substituents is 1. The largest absolute Gasteiger partial charge is 0.507 e. The Balaban J connectivity index is 1.86. The molecule has 0 aliphatic rings. The van der Waals surface area contributed by atoms with E-state index in [1.807, 2.05) is 0 Å². The molecule has 0 bridgehead atoms. The van der Waals surface area contributed by atoms with Gasteiger partial charge in [-0.05, 0) is 35.7 Å². The first-order valence-electron chi connectivity index (χ1n) is 10.9. The third-order valence-electron chi connectivity index (χ3n) is 5.22. The van der Waals surface area contributed by atoms with Gasteiger partial charge in [-0.3, -0.25) is 13.7 Å². The van der Waals surface area contributed by atoms with E-state index >= 15 is 0 Å². The van der Waals surface area contributed by atoms with Crippen LogP contribution in [0.5, 0.6) is 5.75 Å². The minimum Gasteiger partial charge on any atom is -0.507 e. The van der Waals surface area contributed by atoms with E-state index < -0.39 is 75.3 Å². The number of aromatic hydroxyl groups is 1. The predicted octanol–water partition coefficient (Wildman–Crippen LogP) is 3.52. The van der Waals surface area contributed by atoms with Gasteiger partial charge in [-0.2, -0.15) is 44.0 Å². The molecule has 0 amide bonds. The van der Waals surface area contributed by atoms with E-state index in [0.717, 1.165) is 30.3 Å². The Labute approximate surface area is 235 Å². The van der Waals surface area contributed by atoms with Gasteiger partial charge in [0.05, 0.1) is 16.0 Å². The first kappa shape index (κ1) is 30.5. The standard InChI is InChI=1S/C21H16F2N6O10S3/c22-17-8-18(27-21(23)26-17)25-11-2-4-13(16(6-11)42(37,38)39)28-29-20-14(24-9-40(31,32)33)3-1-10-5-12(41(34,35)36)7-15(30)19(10)20/h1-8,24,30H,9H2,(H,25,26,27)(H,31,32,33)(H,34,35,36)(H,37,38,39). The van der Waals surface area contributed by atoms with Crippen molar-refractivity contribution in [3.05, 3.63) is 60.6 Å². The van der Waals surface area contributed by atoms with Crippen molar-refractivity contribution in [3.8, 4) is 5.75 Å². The van der Waals surface area contributed by atoms with Crippen LogP contribution in [0.4, 0.5) is 37.3 Å². The second-order valence-corrected chi connectivity index (χ2v) is 12.5. The van der Waals surface area contributed by atoms with Crippen LogP contribution in [0, 0.1) is 12.0 Å². The molecular weight excluding hydrogens is 630 g/mol. The summed E-state index contributed by atoms with van der Waals surface area (Å²) in [5.41, 5.74) is -1.23. The normalized spacial score (nSPS) is 12.6. The smallest absolute Gasteiger partial charge is 0.313 e. The highest BCUT2D eigenvalue weighted by atomic mass is 32.2. The number of fused-ring (bicyclic) bond motifs is 1. The van der Waals surface area contributed by atoms with E-state index in [4.69, 9.17) is 4.55 Å². The maximum atomic E-state index is 13.4. The van der Waals surface area contributed by atoms with Crippen molar-refractivity contribution in [2.24, 2.45) is 10.2 Å². The summed E-state index contributed by atoms with van der Waals surface area (Å²) in [6.45, 7) is 0. The summed E-state index contributed by atoms with van der Waals surface area (Å²) in [7, 11) is -14.4. The second kappa shape index (κ2) is 11.1. The summed E-state index contributed by atoms with van der Waals surface area (Å²) in [4.78, 5) is 4.55. The molecule has 0 atom stereocenters. The Morgan fingerprint density at radius 2 is 1.55 bits per heavy atom. The molecule has 222 valence electrons. The highest BCUT2D eigenvalue weighted by Crippen LogP contribution is 2.42. The van der Waals surface area contributed by atoms with Gasteiger partial charge in [-0.15, -0.1) is 10.2 Å². The summed E-state index contributed by atoms with van der Waals surface area (Å²) in [6.07, 6.45) is -1.42. The van der Waals surface area contributed by atoms with Gasteiger partial charge < -0.3 is 15.7 Å². The van der Waals surface area contributed by atoms with Gasteiger partial charge in [0.2, 0.25) is 5.95 Å². The minimum absolute atomic E-state index is 0.0483. The summed E-state index contributed by atoms with van der Waals surface area (Å²) in [5, 5.41) is 22.6. The van der Waals surface area contributed by atoms with Crippen molar-refractivity contribution in [2.45, 2.75) is 9.79 Å². The summed E-state index contributed by atoms with van der Waals surface area (Å²) in [5.74, 6) is -3.46. The van der Waals surface area contributed by atoms with Gasteiger partial charge in [0.25, 0.3) is 30.4 Å². The maximum absolute atomic E-state index is 13.4. The zero-order valence-electron chi connectivity index (χ0n) is 20.3. The van der Waals surface area contributed by atoms with E-state index in [1.54, 1.807) is 0 Å². The predicted molar refractivity (Wildman–Crippen MR) is 141 cm³/mol. The molecule has 21 heteroatoms. The lowest BCUT2D eigenvalue weighted by molar-refractivity contribution is 0.471. The number of hydrogen-bond acceptors (Lipinski definition) is 13. The molecule has 1 aromatic heterocycles. The van der Waals surface area contributed by atoms with Crippen molar-refractivity contribution in [3.63, 3.8) is 0 Å². The fraction of sp³-hybridized carbons (Fsp3) is 0.0476. The van der Waals surface area contributed by atoms with Gasteiger partial charge >= 0.3 is 6.08 Å². The third-order valence-corrected chi connectivity index (χ3v) is 7.44. The number of nitrogens with zero attached hydrogens (tertiary/aromatic N) is 4. The van der Waals surface area contributed by atoms with Gasteiger partial charge in [0, 0.05) is 17.8 Å². The van der Waals surface area contributed by atoms with Crippen LogP contribution < -0.4 is 10.6 Å². The van der Waals surface area contributed by atoms with Crippen LogP contribution in [0.15, 0.2) is 68.6 Å². The first-order valence-corrected chi connectivity index (χ1v) is 15.4. The van der Waals surface area contributed by atoms with Crippen molar-refractivity contribution in [2.75, 3.05) is 16.5 Å². The van der Waals surface area contributed by atoms with Crippen LogP contribution in [-0.2, 0) is 30.4 Å². The number of aromatic nitrogens is 2. The number of hydrogen-bond donors (Lipinski definition) is 6. The molecular formula is C21H16F2N6O10S3. The average molecular weight is 647 g/mol. The van der Waals surface area contributed by atoms with E-state index in [0.29, 0.717) is 12.1 Å². The molecule has 0 spiro atoms. The quantitative estimate of drug-likeness (QED) is 0.0658. The number of halogens is 2. The molecule has 16 nitrogen and oxygen atoms in total. The SMILES string of the molecule is O=S(=O)(O)CNc1ccc2cc(S(=O)(=O)O)cc(O)c2c1N=Nc1ccc(Nc2cc(F)nc(F)n2)cc1S(=O)(=O)O. The van der Waals surface area contributed by atoms with E-state index in [9.17, 15) is 48.2 Å². The maximum Gasteiger partial charge on any atom is 0.313 e. The molecule has 0 fully saturated rings. The van der Waals surface area contributed by atoms with E-state index in [-0.39, 0.29) is 27.8 Å². The molecule has 3 aromatic carbocycles. The molecule has 4 aromatic rings. The number of rotatable bonds is 9. The van der Waals surface area contributed by atoms with Crippen LogP contribution in [0.2, 0.25) is 0 Å². The minimum atomic E-state index is -5.03. The van der Waals surface area contributed by atoms with E-state index in [2.05, 4.69) is 30.8 Å². The van der Waals surface area contributed by atoms with Crippen LogP contribution >= 0.6 is 0 Å². The monoisotopic (exact) mass is 646 g/mol. The zero-order chi connectivity index (χ0) is 31.0. The Hall–Kier alpha value is -4.41. The Kier molecular flexibility index (Phi) is 8.08. The Bertz CT molecular complexity index is 2070. The molecule has 1 heterocycles. The number of phenols is 1. The highest BCUT2D eigenvalue weighted by molar-refractivity contribution is 7.86. The van der Waals surface area contributed by atoms with Gasteiger partial charge in [-0.1, -0.05) is 6.07 Å². The van der Waals surface area contributed by atoms with Crippen molar-refractivity contribution in [1.29, 1.82) is 0 Å². The molecule has 42 heavy (non-hydrogen) atoms. The first-order chi connectivity index (χ1) is 19.4. The van der Waals surface area contributed by atoms with Crippen LogP contribution in [0.25, 0.3) is 10.8 Å². The highest BCUT2D eigenvalue weighted by Gasteiger charge is 2.20. The Morgan fingerprint density at radius 3 is 2.17 bits per heavy atom. The van der Waals surface area contributed by atoms with Crippen molar-refractivity contribution >= 4 is 69.7 Å². The zero-order valence-corrected chi connectivity index (χ0v) is 22.8. The second-order valence-electron chi connectivity index (χ2n) is 8.21. The average Bonchev–Trinajstić information content (AvgIpc) is 2.84. The number of azo groups is 1. The molecule has 0 aliphatic carbocycles. The molecule has 0 aliphatic heterocycles. The van der Waals surface area contributed by atoms with Gasteiger partial charge in [0.1, 0.15) is 33.7 Å². The fourth-order valence-electron chi connectivity index (χ4n) is 3.55. The number of benzene rings is 3. The van der Waals surface area contributed by atoms with E-state index in [1.165, 1.54) is 6.07 Å². The molecule has 0 unspecified atom stereocenters. The topological polar surface area (TPSA) is 258 Å². The summed E-state index contributed by atoms with van der Waals surface area (Å²) in [6, 6.07) is 7.66. The molecule has 0 radical (unpaired) electrons.